The number of aliphatic hydroxyl groups excluding tert-OH is 1. The molecule has 0 unspecified atom stereocenters. The third-order valence-corrected chi connectivity index (χ3v) is 3.25. The van der Waals surface area contributed by atoms with E-state index in [0.717, 1.165) is 48.2 Å². The molecule has 0 saturated carbocycles. The fraction of sp³-hybridized carbons (Fsp3) is 0.583. The highest BCUT2D eigenvalue weighted by Crippen LogP contribution is 2.16. The van der Waals surface area contributed by atoms with Crippen LogP contribution in [0.5, 0.6) is 0 Å². The van der Waals surface area contributed by atoms with Crippen molar-refractivity contribution >= 4 is 21.7 Å². The summed E-state index contributed by atoms with van der Waals surface area (Å²) in [7, 11) is 0. The highest BCUT2D eigenvalue weighted by molar-refractivity contribution is 9.10. The first kappa shape index (κ1) is 13.5. The van der Waals surface area contributed by atoms with Crippen LogP contribution in [0.25, 0.3) is 0 Å². The summed E-state index contributed by atoms with van der Waals surface area (Å²) in [5.74, 6) is 0.933. The molecule has 4 heteroatoms. The average molecular weight is 287 g/mol. The molecule has 0 aromatic carbocycles. The van der Waals surface area contributed by atoms with Crippen molar-refractivity contribution in [2.24, 2.45) is 0 Å². The van der Waals surface area contributed by atoms with Crippen molar-refractivity contribution in [2.75, 3.05) is 18.5 Å². The molecular formula is C12H19BrN2O. The molecule has 1 aromatic rings. The molecule has 0 amide bonds. The van der Waals surface area contributed by atoms with Crippen molar-refractivity contribution in [1.82, 2.24) is 4.98 Å². The first-order valence-corrected chi connectivity index (χ1v) is 6.51. The van der Waals surface area contributed by atoms with E-state index in [1.54, 1.807) is 0 Å². The van der Waals surface area contributed by atoms with Gasteiger partial charge >= 0.3 is 0 Å². The summed E-state index contributed by atoms with van der Waals surface area (Å²) >= 11 is 3.43. The van der Waals surface area contributed by atoms with Gasteiger partial charge in [-0.15, -0.1) is 0 Å². The number of aryl methyl sites for hydroxylation is 1. The van der Waals surface area contributed by atoms with Crippen molar-refractivity contribution in [2.45, 2.75) is 32.6 Å². The lowest BCUT2D eigenvalue weighted by atomic mass is 10.2. The molecule has 2 N–H and O–H groups in total. The number of unbranched alkanes of at least 4 members (excludes halogenated alkanes) is 3. The van der Waals surface area contributed by atoms with Crippen LogP contribution in [0.4, 0.5) is 5.82 Å². The molecule has 0 atom stereocenters. The second kappa shape index (κ2) is 7.63. The zero-order valence-corrected chi connectivity index (χ0v) is 11.3. The third-order valence-electron chi connectivity index (χ3n) is 2.41. The van der Waals surface area contributed by atoms with Crippen LogP contribution in [-0.2, 0) is 0 Å². The summed E-state index contributed by atoms with van der Waals surface area (Å²) in [5.41, 5.74) is 1.00. The smallest absolute Gasteiger partial charge is 0.126 e. The Labute approximate surface area is 105 Å². The number of hydrogen-bond acceptors (Lipinski definition) is 3. The number of halogens is 1. The Morgan fingerprint density at radius 3 is 2.69 bits per heavy atom. The second-order valence-electron chi connectivity index (χ2n) is 3.83. The van der Waals surface area contributed by atoms with E-state index in [1.165, 1.54) is 0 Å². The highest BCUT2D eigenvalue weighted by atomic mass is 79.9. The Morgan fingerprint density at radius 1 is 1.25 bits per heavy atom. The first-order chi connectivity index (χ1) is 7.74. The summed E-state index contributed by atoms with van der Waals surface area (Å²) in [4.78, 5) is 4.41. The Morgan fingerprint density at radius 2 is 2.00 bits per heavy atom. The molecule has 1 rings (SSSR count). The minimum atomic E-state index is 0.306. The van der Waals surface area contributed by atoms with Crippen molar-refractivity contribution < 1.29 is 5.11 Å². The Kier molecular flexibility index (Phi) is 6.42. The predicted molar refractivity (Wildman–Crippen MR) is 70.7 cm³/mol. The maximum Gasteiger partial charge on any atom is 0.126 e. The van der Waals surface area contributed by atoms with E-state index in [2.05, 4.69) is 26.2 Å². The first-order valence-electron chi connectivity index (χ1n) is 5.72. The van der Waals surface area contributed by atoms with Gasteiger partial charge in [0.2, 0.25) is 0 Å². The fourth-order valence-corrected chi connectivity index (χ4v) is 1.67. The van der Waals surface area contributed by atoms with Gasteiger partial charge in [0, 0.05) is 17.6 Å². The van der Waals surface area contributed by atoms with Crippen molar-refractivity contribution in [1.29, 1.82) is 0 Å². The van der Waals surface area contributed by atoms with E-state index >= 15 is 0 Å². The Hall–Kier alpha value is -0.610. The molecule has 3 nitrogen and oxygen atoms in total. The molecule has 0 spiro atoms. The monoisotopic (exact) mass is 286 g/mol. The van der Waals surface area contributed by atoms with Crippen LogP contribution < -0.4 is 5.32 Å². The maximum absolute atomic E-state index is 8.63. The van der Waals surface area contributed by atoms with Gasteiger partial charge in [-0.05, 0) is 47.8 Å². The standard InChI is InChI=1S/C12H19BrN2O/c1-10-11(13)6-7-12(15-10)14-8-4-2-3-5-9-16/h6-7,16H,2-5,8-9H2,1H3,(H,14,15). The molecule has 0 aliphatic carbocycles. The van der Waals surface area contributed by atoms with Crippen LogP contribution in [-0.4, -0.2) is 23.2 Å². The van der Waals surface area contributed by atoms with Gasteiger partial charge in [-0.1, -0.05) is 12.8 Å². The zero-order chi connectivity index (χ0) is 11.8. The molecule has 0 radical (unpaired) electrons. The lowest BCUT2D eigenvalue weighted by Gasteiger charge is -2.06. The summed E-state index contributed by atoms with van der Waals surface area (Å²) in [5, 5.41) is 11.9. The quantitative estimate of drug-likeness (QED) is 0.757. The number of aliphatic hydroxyl groups is 1. The summed E-state index contributed by atoms with van der Waals surface area (Å²) in [6.07, 6.45) is 4.29. The highest BCUT2D eigenvalue weighted by Gasteiger charge is 1.98. The zero-order valence-electron chi connectivity index (χ0n) is 9.67. The average Bonchev–Trinajstić information content (AvgIpc) is 2.28. The number of pyridine rings is 1. The topological polar surface area (TPSA) is 45.2 Å². The number of rotatable bonds is 7. The predicted octanol–water partition coefficient (Wildman–Crippen LogP) is 3.12. The number of hydrogen-bond donors (Lipinski definition) is 2. The van der Waals surface area contributed by atoms with Gasteiger partial charge in [-0.25, -0.2) is 4.98 Å². The Balaban J connectivity index is 2.19. The molecule has 0 saturated heterocycles. The lowest BCUT2D eigenvalue weighted by molar-refractivity contribution is 0.283. The van der Waals surface area contributed by atoms with E-state index in [0.29, 0.717) is 6.61 Å². The third kappa shape index (κ3) is 4.94. The molecule has 0 fully saturated rings. The van der Waals surface area contributed by atoms with Crippen LogP contribution in [0, 0.1) is 6.92 Å². The number of nitrogens with one attached hydrogen (secondary N) is 1. The van der Waals surface area contributed by atoms with Gasteiger partial charge in [0.1, 0.15) is 5.82 Å². The Bertz CT molecular complexity index is 318. The van der Waals surface area contributed by atoms with E-state index in [1.807, 2.05) is 19.1 Å². The lowest BCUT2D eigenvalue weighted by Crippen LogP contribution is -2.04. The molecule has 1 heterocycles. The molecular weight excluding hydrogens is 268 g/mol. The molecule has 0 aliphatic heterocycles. The van der Waals surface area contributed by atoms with Gasteiger partial charge in [0.25, 0.3) is 0 Å². The van der Waals surface area contributed by atoms with Gasteiger partial charge in [-0.3, -0.25) is 0 Å². The van der Waals surface area contributed by atoms with E-state index in [4.69, 9.17) is 5.11 Å². The summed E-state index contributed by atoms with van der Waals surface area (Å²) in [6.45, 7) is 3.23. The van der Waals surface area contributed by atoms with Crippen LogP contribution in [0.15, 0.2) is 16.6 Å². The van der Waals surface area contributed by atoms with Crippen molar-refractivity contribution in [3.05, 3.63) is 22.3 Å². The molecule has 0 aliphatic rings. The fourth-order valence-electron chi connectivity index (χ4n) is 1.45. The summed E-state index contributed by atoms with van der Waals surface area (Å²) in [6, 6.07) is 3.99. The number of anilines is 1. The van der Waals surface area contributed by atoms with Crippen molar-refractivity contribution in [3.63, 3.8) is 0 Å². The molecule has 16 heavy (non-hydrogen) atoms. The van der Waals surface area contributed by atoms with E-state index in [9.17, 15) is 0 Å². The van der Waals surface area contributed by atoms with Gasteiger partial charge in [0.05, 0.1) is 5.69 Å². The molecule has 0 bridgehead atoms. The van der Waals surface area contributed by atoms with E-state index < -0.39 is 0 Å². The number of nitrogens with zero attached hydrogens (tertiary/aromatic N) is 1. The van der Waals surface area contributed by atoms with Crippen molar-refractivity contribution in [3.8, 4) is 0 Å². The number of aromatic nitrogens is 1. The SMILES string of the molecule is Cc1nc(NCCCCCCO)ccc1Br. The van der Waals surface area contributed by atoms with Gasteiger partial charge in [0.15, 0.2) is 0 Å². The maximum atomic E-state index is 8.63. The van der Waals surface area contributed by atoms with Crippen LogP contribution in [0.2, 0.25) is 0 Å². The normalized spacial score (nSPS) is 10.4. The van der Waals surface area contributed by atoms with Crippen LogP contribution in [0.3, 0.4) is 0 Å². The molecule has 1 aromatic heterocycles. The largest absolute Gasteiger partial charge is 0.396 e. The minimum absolute atomic E-state index is 0.306. The summed E-state index contributed by atoms with van der Waals surface area (Å²) < 4.78 is 1.04. The van der Waals surface area contributed by atoms with E-state index in [-0.39, 0.29) is 0 Å². The molecule has 90 valence electrons. The second-order valence-corrected chi connectivity index (χ2v) is 4.68. The van der Waals surface area contributed by atoms with Crippen LogP contribution >= 0.6 is 15.9 Å². The minimum Gasteiger partial charge on any atom is -0.396 e. The van der Waals surface area contributed by atoms with Gasteiger partial charge < -0.3 is 10.4 Å². The van der Waals surface area contributed by atoms with Crippen LogP contribution in [0.1, 0.15) is 31.4 Å². The van der Waals surface area contributed by atoms with Gasteiger partial charge in [-0.2, -0.15) is 0 Å².